The van der Waals surface area contributed by atoms with E-state index in [9.17, 15) is 14.4 Å². The molecule has 2 aromatic heterocycles. The average Bonchev–Trinajstić information content (AvgIpc) is 3.64. The molecule has 10 nitrogen and oxygen atoms in total. The molecule has 0 saturated carbocycles. The van der Waals surface area contributed by atoms with Crippen molar-refractivity contribution in [2.45, 2.75) is 18.8 Å². The van der Waals surface area contributed by atoms with Crippen LogP contribution in [0, 0.1) is 0 Å². The Morgan fingerprint density at radius 3 is 2.61 bits per heavy atom. The van der Waals surface area contributed by atoms with E-state index in [1.54, 1.807) is 11.1 Å². The van der Waals surface area contributed by atoms with Gasteiger partial charge in [-0.2, -0.15) is 5.10 Å². The quantitative estimate of drug-likeness (QED) is 0.391. The van der Waals surface area contributed by atoms with Gasteiger partial charge >= 0.3 is 6.03 Å². The van der Waals surface area contributed by atoms with Gasteiger partial charge < -0.3 is 15.0 Å². The number of rotatable bonds is 4. The van der Waals surface area contributed by atoms with Gasteiger partial charge in [0.25, 0.3) is 5.91 Å². The molecule has 186 valence electrons. The van der Waals surface area contributed by atoms with Crippen LogP contribution in [0.15, 0.2) is 35.7 Å². The molecule has 4 heterocycles. The predicted octanol–water partition coefficient (Wildman–Crippen LogP) is 3.07. The number of urea groups is 1. The third kappa shape index (κ3) is 4.08. The van der Waals surface area contributed by atoms with Crippen LogP contribution >= 0.6 is 11.3 Å². The molecule has 0 bridgehead atoms. The molecule has 3 aromatic rings. The summed E-state index contributed by atoms with van der Waals surface area (Å²) < 4.78 is 5.31. The number of nitrogens with zero attached hydrogens (tertiary/aromatic N) is 3. The number of anilines is 1. The van der Waals surface area contributed by atoms with Gasteiger partial charge in [0.1, 0.15) is 5.69 Å². The standard InChI is InChI=1S/C25H26N6O4S/c32-23-19-16(3-1-4-17(19)26-25(34)29-31-10-12-35-13-11-31)22-20(23)21(27-28-22)15-6-8-30(9-7-15)24(33)18-5-2-14-36-18/h1-5,14-15H,6-13H2,(H,27,28)(H2,26,29,34). The second kappa shape index (κ2) is 9.49. The summed E-state index contributed by atoms with van der Waals surface area (Å²) in [5.41, 5.74) is 6.48. The summed E-state index contributed by atoms with van der Waals surface area (Å²) in [4.78, 5) is 41.6. The van der Waals surface area contributed by atoms with Crippen LogP contribution in [0.1, 0.15) is 50.0 Å². The van der Waals surface area contributed by atoms with Gasteiger partial charge in [0.15, 0.2) is 5.78 Å². The van der Waals surface area contributed by atoms with E-state index in [0.29, 0.717) is 67.5 Å². The highest BCUT2D eigenvalue weighted by atomic mass is 32.1. The van der Waals surface area contributed by atoms with Gasteiger partial charge in [-0.05, 0) is 30.4 Å². The number of hydrogen-bond donors (Lipinski definition) is 3. The number of morpholine rings is 1. The van der Waals surface area contributed by atoms with Crippen LogP contribution < -0.4 is 10.7 Å². The number of carbonyl (C=O) groups excluding carboxylic acids is 3. The fourth-order valence-corrected chi connectivity index (χ4v) is 5.89. The normalized spacial score (nSPS) is 18.1. The lowest BCUT2D eigenvalue weighted by Crippen LogP contribution is -2.49. The predicted molar refractivity (Wildman–Crippen MR) is 134 cm³/mol. The van der Waals surface area contributed by atoms with Gasteiger partial charge in [-0.15, -0.1) is 11.3 Å². The summed E-state index contributed by atoms with van der Waals surface area (Å²) in [6.45, 7) is 3.59. The number of thiophene rings is 1. The van der Waals surface area contributed by atoms with Crippen molar-refractivity contribution in [3.8, 4) is 11.3 Å². The Bertz CT molecular complexity index is 1310. The van der Waals surface area contributed by atoms with E-state index in [4.69, 9.17) is 4.74 Å². The number of ether oxygens (including phenoxy) is 1. The van der Waals surface area contributed by atoms with Crippen LogP contribution in [-0.2, 0) is 4.74 Å². The van der Waals surface area contributed by atoms with Gasteiger partial charge in [-0.1, -0.05) is 18.2 Å². The summed E-state index contributed by atoms with van der Waals surface area (Å²) >= 11 is 1.45. The summed E-state index contributed by atoms with van der Waals surface area (Å²) in [5.74, 6) is 0.0314. The number of benzene rings is 1. The number of hydrazine groups is 1. The first-order valence-corrected chi connectivity index (χ1v) is 13.0. The van der Waals surface area contributed by atoms with E-state index >= 15 is 0 Å². The molecular weight excluding hydrogens is 480 g/mol. The highest BCUT2D eigenvalue weighted by Crippen LogP contribution is 2.43. The van der Waals surface area contributed by atoms with Gasteiger partial charge in [-0.25, -0.2) is 9.80 Å². The van der Waals surface area contributed by atoms with E-state index < -0.39 is 6.03 Å². The SMILES string of the molecule is O=C(Nc1cccc2c1C(=O)c1c-2n[nH]c1C1CCN(C(=O)c2cccs2)CC1)NN1CCOCC1. The monoisotopic (exact) mass is 506 g/mol. The van der Waals surface area contributed by atoms with Gasteiger partial charge in [0.2, 0.25) is 0 Å². The Morgan fingerprint density at radius 1 is 1.06 bits per heavy atom. The molecule has 1 aromatic carbocycles. The van der Waals surface area contributed by atoms with Crippen LogP contribution in [0.4, 0.5) is 10.5 Å². The fraction of sp³-hybridized carbons (Fsp3) is 0.360. The van der Waals surface area contributed by atoms with Crippen LogP contribution in [-0.4, -0.2) is 77.2 Å². The molecule has 6 rings (SSSR count). The minimum absolute atomic E-state index is 0.0628. The van der Waals surface area contributed by atoms with Crippen molar-refractivity contribution in [2.24, 2.45) is 0 Å². The van der Waals surface area contributed by atoms with Gasteiger partial charge in [0, 0.05) is 37.7 Å². The smallest absolute Gasteiger partial charge is 0.333 e. The molecule has 0 unspecified atom stereocenters. The number of nitrogens with one attached hydrogen (secondary N) is 3. The summed E-state index contributed by atoms with van der Waals surface area (Å²) in [7, 11) is 0. The third-order valence-electron chi connectivity index (χ3n) is 7.01. The lowest BCUT2D eigenvalue weighted by Gasteiger charge is -2.31. The highest BCUT2D eigenvalue weighted by molar-refractivity contribution is 7.12. The molecule has 0 atom stereocenters. The van der Waals surface area contributed by atoms with Crippen LogP contribution in [0.2, 0.25) is 0 Å². The number of piperidine rings is 1. The van der Waals surface area contributed by atoms with E-state index in [1.165, 1.54) is 11.3 Å². The molecule has 3 aliphatic rings. The summed E-state index contributed by atoms with van der Waals surface area (Å²) in [6.07, 6.45) is 1.50. The van der Waals surface area contributed by atoms with Gasteiger partial charge in [0.05, 0.1) is 40.6 Å². The van der Waals surface area contributed by atoms with Crippen molar-refractivity contribution < 1.29 is 19.1 Å². The minimum Gasteiger partial charge on any atom is -0.379 e. The third-order valence-corrected chi connectivity index (χ3v) is 7.87. The summed E-state index contributed by atoms with van der Waals surface area (Å²) in [6, 6.07) is 8.75. The Morgan fingerprint density at radius 2 is 1.86 bits per heavy atom. The molecule has 1 aliphatic carbocycles. The molecule has 2 saturated heterocycles. The van der Waals surface area contributed by atoms with E-state index in [2.05, 4.69) is 20.9 Å². The zero-order valence-electron chi connectivity index (χ0n) is 19.6. The van der Waals surface area contributed by atoms with Crippen molar-refractivity contribution in [1.82, 2.24) is 25.5 Å². The molecule has 36 heavy (non-hydrogen) atoms. The first kappa shape index (κ1) is 22.9. The molecule has 2 fully saturated rings. The Kier molecular flexibility index (Phi) is 6.04. The molecular formula is C25H26N6O4S. The molecule has 2 aliphatic heterocycles. The number of aromatic amines is 1. The number of H-pyrrole nitrogens is 1. The number of aromatic nitrogens is 2. The largest absolute Gasteiger partial charge is 0.379 e. The number of carbonyl (C=O) groups is 3. The molecule has 0 spiro atoms. The van der Waals surface area contributed by atoms with Crippen molar-refractivity contribution in [3.63, 3.8) is 0 Å². The van der Waals surface area contributed by atoms with E-state index in [0.717, 1.165) is 23.4 Å². The maximum absolute atomic E-state index is 13.6. The first-order valence-electron chi connectivity index (χ1n) is 12.1. The lowest BCUT2D eigenvalue weighted by atomic mass is 9.90. The molecule has 3 amide bonds. The van der Waals surface area contributed by atoms with Crippen molar-refractivity contribution in [1.29, 1.82) is 0 Å². The maximum Gasteiger partial charge on any atom is 0.333 e. The van der Waals surface area contributed by atoms with Crippen molar-refractivity contribution in [3.05, 3.63) is 57.4 Å². The van der Waals surface area contributed by atoms with Gasteiger partial charge in [-0.3, -0.25) is 20.1 Å². The zero-order valence-corrected chi connectivity index (χ0v) is 20.4. The van der Waals surface area contributed by atoms with E-state index in [-0.39, 0.29) is 17.6 Å². The van der Waals surface area contributed by atoms with Crippen molar-refractivity contribution >= 4 is 34.7 Å². The number of ketones is 1. The first-order chi connectivity index (χ1) is 17.6. The van der Waals surface area contributed by atoms with Crippen LogP contribution in [0.5, 0.6) is 0 Å². The lowest BCUT2D eigenvalue weighted by molar-refractivity contribution is 0.0207. The number of hydrogen-bond acceptors (Lipinski definition) is 7. The Hall–Kier alpha value is -3.54. The zero-order chi connectivity index (χ0) is 24.6. The Balaban J connectivity index is 1.17. The number of fused-ring (bicyclic) bond motifs is 3. The van der Waals surface area contributed by atoms with E-state index in [1.807, 2.05) is 34.5 Å². The van der Waals surface area contributed by atoms with Crippen LogP contribution in [0.25, 0.3) is 11.3 Å². The Labute approximate surface area is 211 Å². The molecule has 3 N–H and O–H groups in total. The highest BCUT2D eigenvalue weighted by Gasteiger charge is 2.38. The van der Waals surface area contributed by atoms with Crippen molar-refractivity contribution in [2.75, 3.05) is 44.7 Å². The molecule has 0 radical (unpaired) electrons. The second-order valence-electron chi connectivity index (χ2n) is 9.13. The topological polar surface area (TPSA) is 120 Å². The molecule has 11 heteroatoms. The number of amides is 3. The average molecular weight is 507 g/mol. The maximum atomic E-state index is 13.6. The van der Waals surface area contributed by atoms with Crippen LogP contribution in [0.3, 0.4) is 0 Å². The number of likely N-dealkylation sites (tertiary alicyclic amines) is 1. The fourth-order valence-electron chi connectivity index (χ4n) is 5.20. The summed E-state index contributed by atoms with van der Waals surface area (Å²) in [5, 5.41) is 14.2. The second-order valence-corrected chi connectivity index (χ2v) is 10.1. The minimum atomic E-state index is -0.396.